The summed E-state index contributed by atoms with van der Waals surface area (Å²) >= 11 is 0. The van der Waals surface area contributed by atoms with E-state index >= 15 is 0 Å². The van der Waals surface area contributed by atoms with Crippen LogP contribution in [0.15, 0.2) is 30.6 Å². The molecule has 3 nitrogen and oxygen atoms in total. The molecular weight excluding hydrogens is 255 g/mol. The molecule has 0 saturated heterocycles. The van der Waals surface area contributed by atoms with E-state index in [1.54, 1.807) is 6.07 Å². The minimum absolute atomic E-state index is 0.709. The van der Waals surface area contributed by atoms with Crippen LogP contribution in [0.1, 0.15) is 17.5 Å². The van der Waals surface area contributed by atoms with Gasteiger partial charge in [0.1, 0.15) is 0 Å². The molecule has 0 bridgehead atoms. The van der Waals surface area contributed by atoms with Crippen molar-refractivity contribution in [2.24, 2.45) is 0 Å². The van der Waals surface area contributed by atoms with Gasteiger partial charge in [-0.25, -0.2) is 4.68 Å². The van der Waals surface area contributed by atoms with E-state index in [0.29, 0.717) is 5.69 Å². The van der Waals surface area contributed by atoms with Gasteiger partial charge in [0.15, 0.2) is 0 Å². The fourth-order valence-corrected chi connectivity index (χ4v) is 2.31. The molecule has 1 aromatic heterocycles. The highest BCUT2D eigenvalue weighted by atomic mass is 19.4. The van der Waals surface area contributed by atoms with Crippen LogP contribution in [0.2, 0.25) is 0 Å². The third-order valence-electron chi connectivity index (χ3n) is 3.23. The van der Waals surface area contributed by atoms with E-state index in [1.807, 2.05) is 12.1 Å². The Bertz CT molecular complexity index is 601. The molecular formula is C13H12F3N3. The van der Waals surface area contributed by atoms with Crippen molar-refractivity contribution in [2.75, 3.05) is 11.9 Å². The van der Waals surface area contributed by atoms with E-state index in [2.05, 4.69) is 10.4 Å². The molecule has 0 fully saturated rings. The summed E-state index contributed by atoms with van der Waals surface area (Å²) in [4.78, 5) is 0. The highest BCUT2D eigenvalue weighted by molar-refractivity contribution is 5.61. The molecule has 3 rings (SSSR count). The molecule has 0 unspecified atom stereocenters. The first-order valence-corrected chi connectivity index (χ1v) is 6.04. The van der Waals surface area contributed by atoms with Crippen molar-refractivity contribution in [3.8, 4) is 5.69 Å². The molecule has 0 spiro atoms. The van der Waals surface area contributed by atoms with E-state index in [1.165, 1.54) is 4.68 Å². The minimum atomic E-state index is -4.36. The second-order valence-electron chi connectivity index (χ2n) is 4.50. The maximum atomic E-state index is 12.6. The number of fused-ring (bicyclic) bond motifs is 1. The van der Waals surface area contributed by atoms with Crippen LogP contribution in [-0.4, -0.2) is 16.3 Å². The molecule has 0 radical (unpaired) electrons. The average molecular weight is 267 g/mol. The van der Waals surface area contributed by atoms with Crippen LogP contribution in [0.4, 0.5) is 18.9 Å². The summed E-state index contributed by atoms with van der Waals surface area (Å²) in [5, 5.41) is 7.08. The van der Waals surface area contributed by atoms with Crippen molar-refractivity contribution in [1.29, 1.82) is 0 Å². The van der Waals surface area contributed by atoms with Gasteiger partial charge < -0.3 is 5.32 Å². The zero-order valence-electron chi connectivity index (χ0n) is 10.0. The first kappa shape index (κ1) is 12.1. The SMILES string of the molecule is FC(F)(F)c1cnn(-c2cccc3c2CCCN3)c1. The summed E-state index contributed by atoms with van der Waals surface area (Å²) in [6.45, 7) is 0.892. The number of aromatic nitrogens is 2. The summed E-state index contributed by atoms with van der Waals surface area (Å²) in [6, 6.07) is 5.55. The van der Waals surface area contributed by atoms with E-state index in [-0.39, 0.29) is 0 Å². The monoisotopic (exact) mass is 267 g/mol. The lowest BCUT2D eigenvalue weighted by atomic mass is 10.0. The summed E-state index contributed by atoms with van der Waals surface area (Å²) < 4.78 is 39.1. The topological polar surface area (TPSA) is 29.9 Å². The molecule has 100 valence electrons. The van der Waals surface area contributed by atoms with Gasteiger partial charge in [-0.1, -0.05) is 6.07 Å². The summed E-state index contributed by atoms with van der Waals surface area (Å²) in [5.74, 6) is 0. The van der Waals surface area contributed by atoms with Crippen LogP contribution in [0, 0.1) is 0 Å². The Kier molecular flexibility index (Phi) is 2.73. The Balaban J connectivity index is 2.05. The van der Waals surface area contributed by atoms with E-state index in [9.17, 15) is 13.2 Å². The first-order valence-electron chi connectivity index (χ1n) is 6.04. The number of rotatable bonds is 1. The first-order chi connectivity index (χ1) is 9.05. The maximum absolute atomic E-state index is 12.6. The molecule has 1 aromatic carbocycles. The molecule has 6 heteroatoms. The normalized spacial score (nSPS) is 14.9. The molecule has 1 N–H and O–H groups in total. The van der Waals surface area contributed by atoms with Crippen LogP contribution in [0.5, 0.6) is 0 Å². The van der Waals surface area contributed by atoms with Gasteiger partial charge in [0, 0.05) is 24.0 Å². The van der Waals surface area contributed by atoms with Crippen LogP contribution >= 0.6 is 0 Å². The Morgan fingerprint density at radius 3 is 2.84 bits per heavy atom. The van der Waals surface area contributed by atoms with Gasteiger partial charge >= 0.3 is 6.18 Å². The molecule has 2 aromatic rings. The lowest BCUT2D eigenvalue weighted by molar-refractivity contribution is -0.137. The second-order valence-corrected chi connectivity index (χ2v) is 4.50. The Labute approximate surface area is 108 Å². The van der Waals surface area contributed by atoms with Crippen LogP contribution in [0.3, 0.4) is 0 Å². The largest absolute Gasteiger partial charge is 0.419 e. The van der Waals surface area contributed by atoms with Crippen LogP contribution in [0.25, 0.3) is 5.69 Å². The molecule has 19 heavy (non-hydrogen) atoms. The zero-order valence-corrected chi connectivity index (χ0v) is 10.0. The molecule has 0 saturated carbocycles. The van der Waals surface area contributed by atoms with Gasteiger partial charge in [0.2, 0.25) is 0 Å². The fourth-order valence-electron chi connectivity index (χ4n) is 2.31. The van der Waals surface area contributed by atoms with E-state index in [4.69, 9.17) is 0 Å². The zero-order chi connectivity index (χ0) is 13.5. The number of hydrogen-bond acceptors (Lipinski definition) is 2. The number of benzene rings is 1. The van der Waals surface area contributed by atoms with E-state index in [0.717, 1.165) is 43.0 Å². The number of nitrogens with one attached hydrogen (secondary N) is 1. The number of nitrogens with zero attached hydrogens (tertiary/aromatic N) is 2. The van der Waals surface area contributed by atoms with Crippen molar-refractivity contribution in [2.45, 2.75) is 19.0 Å². The highest BCUT2D eigenvalue weighted by Gasteiger charge is 2.32. The molecule has 0 amide bonds. The lowest BCUT2D eigenvalue weighted by Crippen LogP contribution is -2.14. The predicted octanol–water partition coefficient (Wildman–Crippen LogP) is 3.25. The number of anilines is 1. The summed E-state index contributed by atoms with van der Waals surface area (Å²) in [6.07, 6.45) is -0.650. The van der Waals surface area contributed by atoms with E-state index < -0.39 is 11.7 Å². The highest BCUT2D eigenvalue weighted by Crippen LogP contribution is 2.31. The molecule has 0 aliphatic carbocycles. The summed E-state index contributed by atoms with van der Waals surface area (Å²) in [7, 11) is 0. The van der Waals surface area contributed by atoms with Crippen molar-refractivity contribution in [1.82, 2.24) is 9.78 Å². The molecule has 1 aliphatic rings. The Morgan fingerprint density at radius 2 is 2.11 bits per heavy atom. The van der Waals surface area contributed by atoms with Gasteiger partial charge in [-0.05, 0) is 25.0 Å². The van der Waals surface area contributed by atoms with Crippen molar-refractivity contribution in [3.05, 3.63) is 41.7 Å². The van der Waals surface area contributed by atoms with Gasteiger partial charge in [-0.3, -0.25) is 0 Å². The number of alkyl halides is 3. The molecule has 2 heterocycles. The molecule has 0 atom stereocenters. The van der Waals surface area contributed by atoms with Crippen molar-refractivity contribution < 1.29 is 13.2 Å². The van der Waals surface area contributed by atoms with Gasteiger partial charge in [0.25, 0.3) is 0 Å². The number of halogens is 3. The lowest BCUT2D eigenvalue weighted by Gasteiger charge is -2.20. The molecule has 1 aliphatic heterocycles. The van der Waals surface area contributed by atoms with Gasteiger partial charge in [-0.2, -0.15) is 18.3 Å². The minimum Gasteiger partial charge on any atom is -0.385 e. The Morgan fingerprint density at radius 1 is 1.26 bits per heavy atom. The average Bonchev–Trinajstić information content (AvgIpc) is 2.87. The predicted molar refractivity (Wildman–Crippen MR) is 65.4 cm³/mol. The van der Waals surface area contributed by atoms with Crippen LogP contribution in [-0.2, 0) is 12.6 Å². The summed E-state index contributed by atoms with van der Waals surface area (Å²) in [5.41, 5.74) is 1.98. The smallest absolute Gasteiger partial charge is 0.385 e. The second kappa shape index (κ2) is 4.29. The van der Waals surface area contributed by atoms with Crippen molar-refractivity contribution in [3.63, 3.8) is 0 Å². The van der Waals surface area contributed by atoms with Crippen LogP contribution < -0.4 is 5.32 Å². The van der Waals surface area contributed by atoms with Gasteiger partial charge in [0.05, 0.1) is 17.4 Å². The fraction of sp³-hybridized carbons (Fsp3) is 0.308. The van der Waals surface area contributed by atoms with Gasteiger partial charge in [-0.15, -0.1) is 0 Å². The standard InChI is InChI=1S/C13H12F3N3/c14-13(15,16)9-7-18-19(8-9)12-5-1-4-11-10(12)3-2-6-17-11/h1,4-5,7-8,17H,2-3,6H2. The number of hydrogen-bond donors (Lipinski definition) is 1. The maximum Gasteiger partial charge on any atom is 0.419 e. The Hall–Kier alpha value is -1.98. The quantitative estimate of drug-likeness (QED) is 0.859. The van der Waals surface area contributed by atoms with Crippen molar-refractivity contribution >= 4 is 5.69 Å². The third-order valence-corrected chi connectivity index (χ3v) is 3.23. The third kappa shape index (κ3) is 2.18.